The third-order valence-corrected chi connectivity index (χ3v) is 6.78. The van der Waals surface area contributed by atoms with Crippen LogP contribution < -0.4 is 14.2 Å². The van der Waals surface area contributed by atoms with Crippen LogP contribution in [0.5, 0.6) is 17.2 Å². The average Bonchev–Trinajstić information content (AvgIpc) is 3.01. The lowest BCUT2D eigenvalue weighted by Gasteiger charge is -2.18. The lowest BCUT2D eigenvalue weighted by atomic mass is 10.00. The zero-order chi connectivity index (χ0) is 29.0. The van der Waals surface area contributed by atoms with Crippen LogP contribution in [0.3, 0.4) is 0 Å². The SMILES string of the molecule is CCCc1c(OCCCOc2cc(OCc3ccccc3)c(-c3ccc(F)cc3)cc2CC)cccc1C(=O)OC. The second-order valence-electron chi connectivity index (χ2n) is 9.67. The largest absolute Gasteiger partial charge is 0.493 e. The van der Waals surface area contributed by atoms with Crippen molar-refractivity contribution in [2.75, 3.05) is 20.3 Å². The van der Waals surface area contributed by atoms with Gasteiger partial charge in [-0.05, 0) is 59.9 Å². The molecule has 4 rings (SSSR count). The number of esters is 1. The minimum Gasteiger partial charge on any atom is -0.493 e. The molecule has 6 heteroatoms. The topological polar surface area (TPSA) is 54.0 Å². The number of halogens is 1. The van der Waals surface area contributed by atoms with Crippen LogP contribution in [0, 0.1) is 5.82 Å². The Morgan fingerprint density at radius 2 is 1.51 bits per heavy atom. The third kappa shape index (κ3) is 7.88. The molecule has 0 fully saturated rings. The Bertz CT molecular complexity index is 1420. The van der Waals surface area contributed by atoms with Crippen molar-refractivity contribution in [2.45, 2.75) is 46.1 Å². The van der Waals surface area contributed by atoms with Gasteiger partial charge in [-0.2, -0.15) is 0 Å². The Labute approximate surface area is 241 Å². The Kier molecular flexibility index (Phi) is 10.8. The molecular formula is C35H37FO5. The number of ether oxygens (including phenoxy) is 4. The standard InChI is InChI=1S/C35H37FO5/c1-4-11-29-30(35(37)38-3)14-9-15-32(29)39-20-10-21-40-33-23-34(41-24-25-12-7-6-8-13-25)31(22-26(33)5-2)27-16-18-28(36)19-17-27/h6-9,12-19,22-23H,4-5,10-11,20-21,24H2,1-3H3. The summed E-state index contributed by atoms with van der Waals surface area (Å²) in [6.07, 6.45) is 3.02. The Morgan fingerprint density at radius 1 is 0.780 bits per heavy atom. The van der Waals surface area contributed by atoms with Gasteiger partial charge in [0, 0.05) is 23.6 Å². The molecule has 0 heterocycles. The van der Waals surface area contributed by atoms with E-state index in [2.05, 4.69) is 19.9 Å². The predicted octanol–water partition coefficient (Wildman–Crippen LogP) is 8.22. The van der Waals surface area contributed by atoms with E-state index in [4.69, 9.17) is 18.9 Å². The maximum Gasteiger partial charge on any atom is 0.338 e. The maximum absolute atomic E-state index is 13.6. The summed E-state index contributed by atoms with van der Waals surface area (Å²) < 4.78 is 37.2. The summed E-state index contributed by atoms with van der Waals surface area (Å²) in [5.41, 5.74) is 5.26. The molecule has 4 aromatic carbocycles. The summed E-state index contributed by atoms with van der Waals surface area (Å²) in [5, 5.41) is 0. The molecule has 0 unspecified atom stereocenters. The van der Waals surface area contributed by atoms with E-state index < -0.39 is 0 Å². The fraction of sp³-hybridized carbons (Fsp3) is 0.286. The zero-order valence-electron chi connectivity index (χ0n) is 24.0. The highest BCUT2D eigenvalue weighted by Gasteiger charge is 2.16. The summed E-state index contributed by atoms with van der Waals surface area (Å²) in [7, 11) is 1.39. The van der Waals surface area contributed by atoms with Crippen LogP contribution in [0.4, 0.5) is 4.39 Å². The van der Waals surface area contributed by atoms with E-state index in [0.29, 0.717) is 43.3 Å². The van der Waals surface area contributed by atoms with Gasteiger partial charge in [0.1, 0.15) is 29.7 Å². The summed E-state index contributed by atoms with van der Waals surface area (Å²) in [6.45, 7) is 5.43. The van der Waals surface area contributed by atoms with Gasteiger partial charge in [-0.3, -0.25) is 0 Å². The van der Waals surface area contributed by atoms with Crippen LogP contribution in [0.25, 0.3) is 11.1 Å². The second kappa shape index (κ2) is 14.9. The molecule has 0 bridgehead atoms. The van der Waals surface area contributed by atoms with E-state index in [1.54, 1.807) is 18.2 Å². The molecular weight excluding hydrogens is 519 g/mol. The normalized spacial score (nSPS) is 10.7. The number of methoxy groups -OCH3 is 1. The van der Waals surface area contributed by atoms with Gasteiger partial charge in [0.05, 0.1) is 25.9 Å². The van der Waals surface area contributed by atoms with Gasteiger partial charge in [0.2, 0.25) is 0 Å². The van der Waals surface area contributed by atoms with Crippen LogP contribution in [0.1, 0.15) is 53.7 Å². The fourth-order valence-electron chi connectivity index (χ4n) is 4.66. The first-order valence-electron chi connectivity index (χ1n) is 14.1. The lowest BCUT2D eigenvalue weighted by molar-refractivity contribution is 0.0598. The van der Waals surface area contributed by atoms with Gasteiger partial charge in [0.15, 0.2) is 0 Å². The quantitative estimate of drug-likeness (QED) is 0.116. The molecule has 4 aromatic rings. The van der Waals surface area contributed by atoms with E-state index >= 15 is 0 Å². The van der Waals surface area contributed by atoms with Gasteiger partial charge in [0.25, 0.3) is 0 Å². The number of carbonyl (C=O) groups is 1. The molecule has 0 aliphatic carbocycles. The smallest absolute Gasteiger partial charge is 0.338 e. The molecule has 0 amide bonds. The number of rotatable bonds is 14. The van der Waals surface area contributed by atoms with E-state index in [1.807, 2.05) is 48.5 Å². The van der Waals surface area contributed by atoms with Crippen molar-refractivity contribution in [3.8, 4) is 28.4 Å². The first-order chi connectivity index (χ1) is 20.0. The van der Waals surface area contributed by atoms with Crippen LogP contribution >= 0.6 is 0 Å². The molecule has 0 aliphatic rings. The number of aryl methyl sites for hydroxylation is 1. The third-order valence-electron chi connectivity index (χ3n) is 6.78. The van der Waals surface area contributed by atoms with Gasteiger partial charge < -0.3 is 18.9 Å². The molecule has 41 heavy (non-hydrogen) atoms. The van der Waals surface area contributed by atoms with E-state index in [9.17, 15) is 9.18 Å². The minimum atomic E-state index is -0.358. The van der Waals surface area contributed by atoms with E-state index in [-0.39, 0.29) is 11.8 Å². The second-order valence-corrected chi connectivity index (χ2v) is 9.67. The number of benzene rings is 4. The van der Waals surface area contributed by atoms with Crippen molar-refractivity contribution in [3.05, 3.63) is 113 Å². The summed E-state index contributed by atoms with van der Waals surface area (Å²) in [5.74, 6) is 1.48. The van der Waals surface area contributed by atoms with Gasteiger partial charge in [-0.15, -0.1) is 0 Å². The first-order valence-corrected chi connectivity index (χ1v) is 14.1. The number of hydrogen-bond acceptors (Lipinski definition) is 5. The summed E-state index contributed by atoms with van der Waals surface area (Å²) >= 11 is 0. The van der Waals surface area contributed by atoms with Crippen LogP contribution in [0.2, 0.25) is 0 Å². The molecule has 0 N–H and O–H groups in total. The van der Waals surface area contributed by atoms with Gasteiger partial charge >= 0.3 is 5.97 Å². The van der Waals surface area contributed by atoms with Crippen molar-refractivity contribution in [1.82, 2.24) is 0 Å². The molecule has 214 valence electrons. The molecule has 0 spiro atoms. The summed E-state index contributed by atoms with van der Waals surface area (Å²) in [6, 6.07) is 25.9. The van der Waals surface area contributed by atoms with E-state index in [1.165, 1.54) is 19.2 Å². The number of hydrogen-bond donors (Lipinski definition) is 0. The predicted molar refractivity (Wildman–Crippen MR) is 159 cm³/mol. The highest BCUT2D eigenvalue weighted by atomic mass is 19.1. The molecule has 0 aromatic heterocycles. The molecule has 0 radical (unpaired) electrons. The van der Waals surface area contributed by atoms with Crippen molar-refractivity contribution in [3.63, 3.8) is 0 Å². The van der Waals surface area contributed by atoms with Crippen molar-refractivity contribution < 1.29 is 28.1 Å². The highest BCUT2D eigenvalue weighted by Crippen LogP contribution is 2.37. The van der Waals surface area contributed by atoms with Crippen molar-refractivity contribution >= 4 is 5.97 Å². The maximum atomic E-state index is 13.6. The summed E-state index contributed by atoms with van der Waals surface area (Å²) in [4.78, 5) is 12.2. The molecule has 0 atom stereocenters. The van der Waals surface area contributed by atoms with Crippen LogP contribution in [0.15, 0.2) is 84.9 Å². The Balaban J connectivity index is 1.47. The first kappa shape index (κ1) is 29.7. The van der Waals surface area contributed by atoms with Crippen LogP contribution in [-0.4, -0.2) is 26.3 Å². The molecule has 0 aliphatic heterocycles. The van der Waals surface area contributed by atoms with Crippen molar-refractivity contribution in [1.29, 1.82) is 0 Å². The Hall–Kier alpha value is -4.32. The molecule has 0 saturated carbocycles. The fourth-order valence-corrected chi connectivity index (χ4v) is 4.66. The highest BCUT2D eigenvalue weighted by molar-refractivity contribution is 5.91. The Morgan fingerprint density at radius 3 is 2.20 bits per heavy atom. The van der Waals surface area contributed by atoms with Crippen LogP contribution in [-0.2, 0) is 24.2 Å². The average molecular weight is 557 g/mol. The minimum absolute atomic E-state index is 0.280. The molecule has 0 saturated heterocycles. The van der Waals surface area contributed by atoms with Crippen molar-refractivity contribution in [2.24, 2.45) is 0 Å². The monoisotopic (exact) mass is 556 g/mol. The lowest BCUT2D eigenvalue weighted by Crippen LogP contribution is -2.10. The zero-order valence-corrected chi connectivity index (χ0v) is 24.0. The van der Waals surface area contributed by atoms with Gasteiger partial charge in [-0.1, -0.05) is 68.8 Å². The van der Waals surface area contributed by atoms with E-state index in [0.717, 1.165) is 52.8 Å². The number of carbonyl (C=O) groups excluding carboxylic acids is 1. The van der Waals surface area contributed by atoms with Gasteiger partial charge in [-0.25, -0.2) is 9.18 Å². The molecule has 5 nitrogen and oxygen atoms in total.